The molecule has 1 saturated carbocycles. The second-order valence-corrected chi connectivity index (χ2v) is 11.0. The van der Waals surface area contributed by atoms with Crippen molar-refractivity contribution in [2.75, 3.05) is 29.9 Å². The van der Waals surface area contributed by atoms with Crippen LogP contribution in [0.25, 0.3) is 0 Å². The molecule has 0 bridgehead atoms. The minimum atomic E-state index is -3.76. The van der Waals surface area contributed by atoms with Crippen molar-refractivity contribution in [2.24, 2.45) is 5.92 Å². The molecule has 192 valence electrons. The van der Waals surface area contributed by atoms with Crippen LogP contribution < -0.4 is 20.3 Å². The molecule has 4 rings (SSSR count). The van der Waals surface area contributed by atoms with Gasteiger partial charge in [0, 0.05) is 49.4 Å². The Morgan fingerprint density at radius 2 is 1.69 bits per heavy atom. The third-order valence-electron chi connectivity index (χ3n) is 6.70. The zero-order valence-corrected chi connectivity index (χ0v) is 21.2. The standard InChI is InChI=1S/C26H32N4O5S/c1-18(31)30-16-4-7-21-17-23(12-13-24(21)30)36(34,35)28-15-14-27-25(32)20-8-10-22(11-9-20)29-26(33)19-5-2-3-6-19/h8-13,17,19,28H,2-7,14-16H2,1H3,(H,27,32)(H,29,33). The molecule has 1 fully saturated rings. The summed E-state index contributed by atoms with van der Waals surface area (Å²) in [5, 5.41) is 5.59. The normalized spacial score (nSPS) is 15.9. The highest BCUT2D eigenvalue weighted by Crippen LogP contribution is 2.29. The number of carbonyl (C=O) groups is 3. The van der Waals surface area contributed by atoms with Gasteiger partial charge in [0.2, 0.25) is 21.8 Å². The quantitative estimate of drug-likeness (QED) is 0.469. The molecule has 10 heteroatoms. The van der Waals surface area contributed by atoms with E-state index in [0.717, 1.165) is 43.4 Å². The Morgan fingerprint density at radius 1 is 0.972 bits per heavy atom. The van der Waals surface area contributed by atoms with Crippen molar-refractivity contribution >= 4 is 39.1 Å². The zero-order valence-electron chi connectivity index (χ0n) is 20.4. The number of anilines is 2. The van der Waals surface area contributed by atoms with Gasteiger partial charge in [0.25, 0.3) is 5.91 Å². The molecule has 0 aromatic heterocycles. The lowest BCUT2D eigenvalue weighted by Gasteiger charge is -2.28. The molecule has 0 atom stereocenters. The third kappa shape index (κ3) is 6.11. The molecule has 3 N–H and O–H groups in total. The van der Waals surface area contributed by atoms with Gasteiger partial charge in [-0.1, -0.05) is 12.8 Å². The smallest absolute Gasteiger partial charge is 0.251 e. The maximum Gasteiger partial charge on any atom is 0.251 e. The van der Waals surface area contributed by atoms with E-state index in [0.29, 0.717) is 24.2 Å². The van der Waals surface area contributed by atoms with E-state index in [1.807, 2.05) is 0 Å². The van der Waals surface area contributed by atoms with Crippen molar-refractivity contribution < 1.29 is 22.8 Å². The molecule has 0 radical (unpaired) electrons. The molecule has 1 heterocycles. The summed E-state index contributed by atoms with van der Waals surface area (Å²) in [5.74, 6) is -0.315. The van der Waals surface area contributed by atoms with E-state index in [-0.39, 0.29) is 41.6 Å². The number of rotatable bonds is 8. The molecular formula is C26H32N4O5S. The molecule has 0 unspecified atom stereocenters. The second-order valence-electron chi connectivity index (χ2n) is 9.27. The van der Waals surface area contributed by atoms with Crippen LogP contribution in [0.2, 0.25) is 0 Å². The van der Waals surface area contributed by atoms with Gasteiger partial charge in [-0.25, -0.2) is 13.1 Å². The van der Waals surface area contributed by atoms with Gasteiger partial charge >= 0.3 is 0 Å². The van der Waals surface area contributed by atoms with Crippen molar-refractivity contribution in [1.82, 2.24) is 10.0 Å². The predicted molar refractivity (Wildman–Crippen MR) is 137 cm³/mol. The Kier molecular flexibility index (Phi) is 8.05. The summed E-state index contributed by atoms with van der Waals surface area (Å²) in [4.78, 5) is 38.3. The Labute approximate surface area is 211 Å². The first-order valence-corrected chi connectivity index (χ1v) is 13.8. The Bertz CT molecular complexity index is 1240. The summed E-state index contributed by atoms with van der Waals surface area (Å²) >= 11 is 0. The van der Waals surface area contributed by atoms with Gasteiger partial charge in [0.05, 0.1) is 4.90 Å². The molecule has 0 saturated heterocycles. The van der Waals surface area contributed by atoms with Crippen molar-refractivity contribution in [3.05, 3.63) is 53.6 Å². The first-order valence-electron chi connectivity index (χ1n) is 12.3. The van der Waals surface area contributed by atoms with Crippen LogP contribution >= 0.6 is 0 Å². The molecule has 1 aliphatic heterocycles. The number of hydrogen-bond acceptors (Lipinski definition) is 5. The lowest BCUT2D eigenvalue weighted by Crippen LogP contribution is -2.35. The number of sulfonamides is 1. The van der Waals surface area contributed by atoms with Crippen molar-refractivity contribution in [3.8, 4) is 0 Å². The molecular weight excluding hydrogens is 480 g/mol. The monoisotopic (exact) mass is 512 g/mol. The van der Waals surface area contributed by atoms with Crippen LogP contribution in [-0.4, -0.2) is 45.8 Å². The Balaban J connectivity index is 1.26. The predicted octanol–water partition coefficient (Wildman–Crippen LogP) is 2.82. The molecule has 2 aromatic carbocycles. The van der Waals surface area contributed by atoms with E-state index in [9.17, 15) is 22.8 Å². The number of fused-ring (bicyclic) bond motifs is 1. The van der Waals surface area contributed by atoms with E-state index in [1.165, 1.54) is 13.0 Å². The van der Waals surface area contributed by atoms with Crippen LogP contribution in [0, 0.1) is 5.92 Å². The number of hydrogen-bond donors (Lipinski definition) is 3. The molecule has 3 amide bonds. The molecule has 2 aromatic rings. The fourth-order valence-electron chi connectivity index (χ4n) is 4.75. The minimum Gasteiger partial charge on any atom is -0.351 e. The summed E-state index contributed by atoms with van der Waals surface area (Å²) in [5.41, 5.74) is 2.65. The summed E-state index contributed by atoms with van der Waals surface area (Å²) in [6.07, 6.45) is 5.49. The van der Waals surface area contributed by atoms with Gasteiger partial charge in [-0.05, 0) is 73.7 Å². The first kappa shape index (κ1) is 25.8. The SMILES string of the molecule is CC(=O)N1CCCc2cc(S(=O)(=O)NCCNC(=O)c3ccc(NC(=O)C4CCCC4)cc3)ccc21. The molecule has 2 aliphatic rings. The van der Waals surface area contributed by atoms with Crippen molar-refractivity contribution in [1.29, 1.82) is 0 Å². The topological polar surface area (TPSA) is 125 Å². The number of benzene rings is 2. The second kappa shape index (κ2) is 11.2. The summed E-state index contributed by atoms with van der Waals surface area (Å²) in [6, 6.07) is 11.4. The van der Waals surface area contributed by atoms with Crippen molar-refractivity contribution in [3.63, 3.8) is 0 Å². The van der Waals surface area contributed by atoms with E-state index in [1.54, 1.807) is 41.3 Å². The lowest BCUT2D eigenvalue weighted by atomic mass is 10.0. The maximum absolute atomic E-state index is 12.7. The average molecular weight is 513 g/mol. The molecule has 36 heavy (non-hydrogen) atoms. The number of carbonyl (C=O) groups excluding carboxylic acids is 3. The summed E-state index contributed by atoms with van der Waals surface area (Å²) in [7, 11) is -3.76. The molecule has 0 spiro atoms. The van der Waals surface area contributed by atoms with Crippen LogP contribution in [0.5, 0.6) is 0 Å². The lowest BCUT2D eigenvalue weighted by molar-refractivity contribution is -0.119. The number of nitrogens with zero attached hydrogens (tertiary/aromatic N) is 1. The number of amides is 3. The number of aryl methyl sites for hydroxylation is 1. The summed E-state index contributed by atoms with van der Waals surface area (Å²) in [6.45, 7) is 2.27. The zero-order chi connectivity index (χ0) is 25.7. The van der Waals surface area contributed by atoms with Gasteiger partial charge in [-0.2, -0.15) is 0 Å². The molecule has 1 aliphatic carbocycles. The minimum absolute atomic E-state index is 0.0205. The van der Waals surface area contributed by atoms with E-state index in [2.05, 4.69) is 15.4 Å². The fraction of sp³-hybridized carbons (Fsp3) is 0.423. The van der Waals surface area contributed by atoms with E-state index in [4.69, 9.17) is 0 Å². The highest BCUT2D eigenvalue weighted by atomic mass is 32.2. The van der Waals surface area contributed by atoms with Gasteiger partial charge in [-0.15, -0.1) is 0 Å². The van der Waals surface area contributed by atoms with Crippen LogP contribution in [0.1, 0.15) is 54.9 Å². The Hall–Kier alpha value is -3.24. The van der Waals surface area contributed by atoms with Crippen LogP contribution in [0.15, 0.2) is 47.4 Å². The molecule has 9 nitrogen and oxygen atoms in total. The van der Waals surface area contributed by atoms with Gasteiger partial charge in [-0.3, -0.25) is 14.4 Å². The Morgan fingerprint density at radius 3 is 2.39 bits per heavy atom. The van der Waals surface area contributed by atoms with Crippen LogP contribution in [0.3, 0.4) is 0 Å². The van der Waals surface area contributed by atoms with Crippen LogP contribution in [0.4, 0.5) is 11.4 Å². The fourth-order valence-corrected chi connectivity index (χ4v) is 5.83. The first-order chi connectivity index (χ1) is 17.2. The van der Waals surface area contributed by atoms with Crippen molar-refractivity contribution in [2.45, 2.75) is 50.3 Å². The van der Waals surface area contributed by atoms with Gasteiger partial charge in [0.15, 0.2) is 0 Å². The highest BCUT2D eigenvalue weighted by Gasteiger charge is 2.24. The van der Waals surface area contributed by atoms with E-state index < -0.39 is 10.0 Å². The van der Waals surface area contributed by atoms with Crippen LogP contribution in [-0.2, 0) is 26.0 Å². The number of nitrogens with one attached hydrogen (secondary N) is 3. The average Bonchev–Trinajstić information content (AvgIpc) is 3.41. The van der Waals surface area contributed by atoms with Gasteiger partial charge in [0.1, 0.15) is 0 Å². The summed E-state index contributed by atoms with van der Waals surface area (Å²) < 4.78 is 28.0. The van der Waals surface area contributed by atoms with E-state index >= 15 is 0 Å². The van der Waals surface area contributed by atoms with Gasteiger partial charge < -0.3 is 15.5 Å². The third-order valence-corrected chi connectivity index (χ3v) is 8.16. The maximum atomic E-state index is 12.7. The largest absolute Gasteiger partial charge is 0.351 e. The highest BCUT2D eigenvalue weighted by molar-refractivity contribution is 7.89.